The number of benzene rings is 1. The van der Waals surface area contributed by atoms with Crippen molar-refractivity contribution in [1.82, 2.24) is 9.97 Å². The first-order chi connectivity index (χ1) is 9.11. The third kappa shape index (κ3) is 2.91. The quantitative estimate of drug-likeness (QED) is 0.548. The average Bonchev–Trinajstić information content (AvgIpc) is 2.39. The number of nitrogens with two attached hydrogens (primary N) is 1. The van der Waals surface area contributed by atoms with Gasteiger partial charge in [0.15, 0.2) is 0 Å². The Labute approximate surface area is 108 Å². The SMILES string of the molecule is Nc1nc2c(C#CCC(O)CO)cccc2c(=O)[nH]1. The Morgan fingerprint density at radius 3 is 3.00 bits per heavy atom. The third-order valence-electron chi connectivity index (χ3n) is 2.53. The van der Waals surface area contributed by atoms with Gasteiger partial charge in [-0.25, -0.2) is 4.98 Å². The topological polar surface area (TPSA) is 112 Å². The van der Waals surface area contributed by atoms with Crippen LogP contribution in [-0.4, -0.2) is 32.9 Å². The van der Waals surface area contributed by atoms with Crippen LogP contribution < -0.4 is 11.3 Å². The van der Waals surface area contributed by atoms with E-state index in [1.54, 1.807) is 18.2 Å². The van der Waals surface area contributed by atoms with E-state index < -0.39 is 6.10 Å². The molecule has 98 valence electrons. The minimum absolute atomic E-state index is 0.0298. The van der Waals surface area contributed by atoms with Crippen LogP contribution in [0.15, 0.2) is 23.0 Å². The smallest absolute Gasteiger partial charge is 0.260 e. The van der Waals surface area contributed by atoms with Gasteiger partial charge in [-0.1, -0.05) is 17.9 Å². The highest BCUT2D eigenvalue weighted by Gasteiger charge is 2.05. The maximum Gasteiger partial charge on any atom is 0.260 e. The van der Waals surface area contributed by atoms with Crippen LogP contribution in [0.25, 0.3) is 10.9 Å². The van der Waals surface area contributed by atoms with E-state index in [1.807, 2.05) is 0 Å². The summed E-state index contributed by atoms with van der Waals surface area (Å²) in [4.78, 5) is 18.2. The Morgan fingerprint density at radius 1 is 1.47 bits per heavy atom. The molecule has 0 aliphatic carbocycles. The minimum atomic E-state index is -0.871. The molecule has 0 aliphatic rings. The average molecular weight is 259 g/mol. The molecule has 6 heteroatoms. The number of anilines is 1. The summed E-state index contributed by atoms with van der Waals surface area (Å²) >= 11 is 0. The first kappa shape index (κ1) is 13.1. The molecule has 0 saturated heterocycles. The van der Waals surface area contributed by atoms with Gasteiger partial charge in [-0.05, 0) is 12.1 Å². The molecule has 19 heavy (non-hydrogen) atoms. The van der Waals surface area contributed by atoms with Gasteiger partial charge in [0, 0.05) is 6.42 Å². The highest BCUT2D eigenvalue weighted by atomic mass is 16.3. The number of hydrogen-bond donors (Lipinski definition) is 4. The Balaban J connectivity index is 2.47. The molecule has 1 atom stereocenters. The van der Waals surface area contributed by atoms with Crippen molar-refractivity contribution in [2.75, 3.05) is 12.3 Å². The van der Waals surface area contributed by atoms with E-state index in [-0.39, 0.29) is 24.5 Å². The summed E-state index contributed by atoms with van der Waals surface area (Å²) in [5.41, 5.74) is 6.17. The van der Waals surface area contributed by atoms with Crippen LogP contribution in [0.4, 0.5) is 5.95 Å². The first-order valence-corrected chi connectivity index (χ1v) is 5.68. The number of rotatable bonds is 2. The van der Waals surface area contributed by atoms with Crippen LogP contribution in [0, 0.1) is 11.8 Å². The maximum absolute atomic E-state index is 11.7. The molecule has 0 bridgehead atoms. The Kier molecular flexibility index (Phi) is 3.80. The summed E-state index contributed by atoms with van der Waals surface area (Å²) in [6.45, 7) is -0.338. The summed E-state index contributed by atoms with van der Waals surface area (Å²) in [5, 5.41) is 18.3. The third-order valence-corrected chi connectivity index (χ3v) is 2.53. The summed E-state index contributed by atoms with van der Waals surface area (Å²) < 4.78 is 0. The number of hydrogen-bond acceptors (Lipinski definition) is 5. The summed E-state index contributed by atoms with van der Waals surface area (Å²) in [6.07, 6.45) is -0.727. The van der Waals surface area contributed by atoms with E-state index in [9.17, 15) is 9.90 Å². The number of H-pyrrole nitrogens is 1. The molecular formula is C13H13N3O3. The molecule has 0 saturated carbocycles. The van der Waals surface area contributed by atoms with Gasteiger partial charge in [-0.15, -0.1) is 0 Å². The fourth-order valence-electron chi connectivity index (χ4n) is 1.61. The lowest BCUT2D eigenvalue weighted by molar-refractivity contribution is 0.0992. The number of para-hydroxylation sites is 1. The molecule has 0 amide bonds. The van der Waals surface area contributed by atoms with E-state index in [0.29, 0.717) is 16.5 Å². The second-order valence-corrected chi connectivity index (χ2v) is 4.00. The normalized spacial score (nSPS) is 11.9. The van der Waals surface area contributed by atoms with E-state index in [1.165, 1.54) is 0 Å². The van der Waals surface area contributed by atoms with E-state index in [4.69, 9.17) is 10.8 Å². The van der Waals surface area contributed by atoms with Crippen LogP contribution in [0.2, 0.25) is 0 Å². The molecule has 1 aromatic carbocycles. The van der Waals surface area contributed by atoms with Gasteiger partial charge in [0.25, 0.3) is 5.56 Å². The molecule has 0 fully saturated rings. The summed E-state index contributed by atoms with van der Waals surface area (Å²) in [5.74, 6) is 5.58. The highest BCUT2D eigenvalue weighted by Crippen LogP contribution is 2.12. The first-order valence-electron chi connectivity index (χ1n) is 5.68. The van der Waals surface area contributed by atoms with Crippen molar-refractivity contribution in [3.8, 4) is 11.8 Å². The zero-order chi connectivity index (χ0) is 13.8. The number of nitrogens with zero attached hydrogens (tertiary/aromatic N) is 1. The number of aromatic amines is 1. The molecule has 1 heterocycles. The monoisotopic (exact) mass is 259 g/mol. The standard InChI is InChI=1S/C13H13N3O3/c14-13-15-11-8(3-1-5-9(18)7-17)4-2-6-10(11)12(19)16-13/h2,4,6,9,17-18H,5,7H2,(H3,14,15,16,19). The molecule has 1 aromatic heterocycles. The molecule has 2 aromatic rings. The van der Waals surface area contributed by atoms with Crippen molar-refractivity contribution in [3.05, 3.63) is 34.1 Å². The molecule has 5 N–H and O–H groups in total. The van der Waals surface area contributed by atoms with Crippen molar-refractivity contribution >= 4 is 16.9 Å². The molecule has 6 nitrogen and oxygen atoms in total. The Morgan fingerprint density at radius 2 is 2.26 bits per heavy atom. The van der Waals surface area contributed by atoms with Crippen molar-refractivity contribution in [3.63, 3.8) is 0 Å². The van der Waals surface area contributed by atoms with Gasteiger partial charge < -0.3 is 15.9 Å². The predicted molar refractivity (Wildman–Crippen MR) is 71.4 cm³/mol. The van der Waals surface area contributed by atoms with E-state index in [2.05, 4.69) is 21.8 Å². The van der Waals surface area contributed by atoms with Crippen molar-refractivity contribution in [2.45, 2.75) is 12.5 Å². The number of fused-ring (bicyclic) bond motifs is 1. The summed E-state index contributed by atoms with van der Waals surface area (Å²) in [7, 11) is 0. The molecule has 0 radical (unpaired) electrons. The second kappa shape index (κ2) is 5.52. The molecular weight excluding hydrogens is 246 g/mol. The van der Waals surface area contributed by atoms with Crippen molar-refractivity contribution in [1.29, 1.82) is 0 Å². The Hall–Kier alpha value is -2.36. The lowest BCUT2D eigenvalue weighted by atomic mass is 10.1. The second-order valence-electron chi connectivity index (χ2n) is 4.00. The van der Waals surface area contributed by atoms with Crippen molar-refractivity contribution in [2.24, 2.45) is 0 Å². The lowest BCUT2D eigenvalue weighted by Crippen LogP contribution is -2.11. The van der Waals surface area contributed by atoms with Gasteiger partial charge in [-0.2, -0.15) is 0 Å². The zero-order valence-electron chi connectivity index (χ0n) is 10.1. The molecule has 1 unspecified atom stereocenters. The summed E-state index contributed by atoms with van der Waals surface area (Å²) in [6, 6.07) is 5.04. The fraction of sp³-hybridized carbons (Fsp3) is 0.231. The van der Waals surface area contributed by atoms with E-state index in [0.717, 1.165) is 0 Å². The molecule has 2 rings (SSSR count). The number of nitrogen functional groups attached to an aromatic ring is 1. The van der Waals surface area contributed by atoms with Crippen LogP contribution in [0.3, 0.4) is 0 Å². The van der Waals surface area contributed by atoms with Crippen molar-refractivity contribution < 1.29 is 10.2 Å². The zero-order valence-corrected chi connectivity index (χ0v) is 10.1. The molecule has 0 spiro atoms. The van der Waals surface area contributed by atoms with Crippen LogP contribution >= 0.6 is 0 Å². The number of aliphatic hydroxyl groups excluding tert-OH is 2. The van der Waals surface area contributed by atoms with Gasteiger partial charge >= 0.3 is 0 Å². The maximum atomic E-state index is 11.7. The molecule has 0 aliphatic heterocycles. The largest absolute Gasteiger partial charge is 0.394 e. The Bertz CT molecular complexity index is 712. The van der Waals surface area contributed by atoms with Crippen LogP contribution in [0.1, 0.15) is 12.0 Å². The van der Waals surface area contributed by atoms with E-state index >= 15 is 0 Å². The lowest BCUT2D eigenvalue weighted by Gasteiger charge is -2.01. The van der Waals surface area contributed by atoms with Gasteiger partial charge in [0.05, 0.1) is 29.2 Å². The van der Waals surface area contributed by atoms with Gasteiger partial charge in [-0.3, -0.25) is 9.78 Å². The fourth-order valence-corrected chi connectivity index (χ4v) is 1.61. The minimum Gasteiger partial charge on any atom is -0.394 e. The predicted octanol–water partition coefficient (Wildman–Crippen LogP) is -0.400. The number of nitrogens with one attached hydrogen (secondary N) is 1. The van der Waals surface area contributed by atoms with Gasteiger partial charge in [0.2, 0.25) is 5.95 Å². The number of aromatic nitrogens is 2. The highest BCUT2D eigenvalue weighted by molar-refractivity contribution is 5.84. The van der Waals surface area contributed by atoms with Crippen LogP contribution in [-0.2, 0) is 0 Å². The van der Waals surface area contributed by atoms with Crippen LogP contribution in [0.5, 0.6) is 0 Å². The van der Waals surface area contributed by atoms with Gasteiger partial charge in [0.1, 0.15) is 0 Å². The number of aliphatic hydroxyl groups is 2.